The molecule has 38 heavy (non-hydrogen) atoms. The summed E-state index contributed by atoms with van der Waals surface area (Å²) in [7, 11) is 1.71. The Morgan fingerprint density at radius 2 is 1.92 bits per heavy atom. The van der Waals surface area contributed by atoms with Crippen LogP contribution in [0.15, 0.2) is 18.2 Å². The standard InChI is InChI=1S/C27H43N5O6/c1-18(2)28-27(36)30(5)16-24-19(3)15-32(20(4)17-33)26(35)22-14-21(6-7-23(22)38-24)29-25(34)8-9-31-10-12-37-13-11-31/h6-7,14,18-20,24,33H,8-13,15-17H2,1-5H3,(H,28,36)(H,29,34)/t19-,20-,24-/m0/s1. The van der Waals surface area contributed by atoms with Gasteiger partial charge in [-0.15, -0.1) is 0 Å². The van der Waals surface area contributed by atoms with E-state index in [0.717, 1.165) is 13.1 Å². The fourth-order valence-electron chi connectivity index (χ4n) is 4.54. The zero-order valence-electron chi connectivity index (χ0n) is 23.2. The minimum Gasteiger partial charge on any atom is -0.487 e. The second-order valence-corrected chi connectivity index (χ2v) is 10.6. The zero-order valence-corrected chi connectivity index (χ0v) is 23.2. The number of amides is 4. The lowest BCUT2D eigenvalue weighted by Crippen LogP contribution is -2.51. The highest BCUT2D eigenvalue weighted by Gasteiger charge is 2.34. The highest BCUT2D eigenvalue weighted by molar-refractivity contribution is 6.00. The third kappa shape index (κ3) is 8.05. The summed E-state index contributed by atoms with van der Waals surface area (Å²) in [6, 6.07) is 4.42. The molecule has 0 spiro atoms. The number of nitrogens with one attached hydrogen (secondary N) is 2. The van der Waals surface area contributed by atoms with Gasteiger partial charge in [0.1, 0.15) is 11.9 Å². The molecule has 3 rings (SSSR count). The average molecular weight is 534 g/mol. The molecule has 1 aromatic carbocycles. The van der Waals surface area contributed by atoms with Crippen LogP contribution in [-0.2, 0) is 9.53 Å². The molecule has 0 saturated carbocycles. The van der Waals surface area contributed by atoms with E-state index in [2.05, 4.69) is 15.5 Å². The number of ether oxygens (including phenoxy) is 2. The van der Waals surface area contributed by atoms with Crippen molar-refractivity contribution in [2.75, 3.05) is 64.9 Å². The van der Waals surface area contributed by atoms with Crippen LogP contribution in [0.3, 0.4) is 0 Å². The van der Waals surface area contributed by atoms with Crippen LogP contribution in [-0.4, -0.2) is 115 Å². The first-order valence-corrected chi connectivity index (χ1v) is 13.4. The molecule has 0 bridgehead atoms. The number of carbonyl (C=O) groups is 3. The lowest BCUT2D eigenvalue weighted by Gasteiger charge is -2.38. The number of carbonyl (C=O) groups excluding carboxylic acids is 3. The number of benzene rings is 1. The summed E-state index contributed by atoms with van der Waals surface area (Å²) in [4.78, 5) is 44.1. The van der Waals surface area contributed by atoms with Crippen molar-refractivity contribution >= 4 is 23.5 Å². The summed E-state index contributed by atoms with van der Waals surface area (Å²) in [6.07, 6.45) is -0.0633. The fourth-order valence-corrected chi connectivity index (χ4v) is 4.54. The number of rotatable bonds is 9. The van der Waals surface area contributed by atoms with Crippen LogP contribution in [0.2, 0.25) is 0 Å². The highest BCUT2D eigenvalue weighted by Crippen LogP contribution is 2.30. The summed E-state index contributed by atoms with van der Waals surface area (Å²) in [5, 5.41) is 15.6. The molecule has 0 aliphatic carbocycles. The summed E-state index contributed by atoms with van der Waals surface area (Å²) < 4.78 is 11.7. The molecule has 2 aliphatic heterocycles. The Hall–Kier alpha value is -2.89. The van der Waals surface area contributed by atoms with Crippen molar-refractivity contribution in [3.8, 4) is 5.75 Å². The monoisotopic (exact) mass is 533 g/mol. The van der Waals surface area contributed by atoms with E-state index in [9.17, 15) is 19.5 Å². The topological polar surface area (TPSA) is 124 Å². The van der Waals surface area contributed by atoms with E-state index in [1.807, 2.05) is 20.8 Å². The Kier molecular flexibility index (Phi) is 10.7. The van der Waals surface area contributed by atoms with E-state index < -0.39 is 12.1 Å². The smallest absolute Gasteiger partial charge is 0.317 e. The van der Waals surface area contributed by atoms with Crippen molar-refractivity contribution in [3.05, 3.63) is 23.8 Å². The van der Waals surface area contributed by atoms with E-state index >= 15 is 0 Å². The number of morpholine rings is 1. The van der Waals surface area contributed by atoms with Gasteiger partial charge in [0.25, 0.3) is 5.91 Å². The first kappa shape index (κ1) is 29.7. The highest BCUT2D eigenvalue weighted by atomic mass is 16.5. The largest absolute Gasteiger partial charge is 0.487 e. The lowest BCUT2D eigenvalue weighted by molar-refractivity contribution is -0.116. The molecule has 1 saturated heterocycles. The number of fused-ring (bicyclic) bond motifs is 1. The maximum Gasteiger partial charge on any atom is 0.317 e. The Bertz CT molecular complexity index is 967. The number of hydrogen-bond acceptors (Lipinski definition) is 7. The van der Waals surface area contributed by atoms with Crippen LogP contribution in [0.5, 0.6) is 5.75 Å². The van der Waals surface area contributed by atoms with Gasteiger partial charge < -0.3 is 35.0 Å². The Labute approximate surface area is 225 Å². The van der Waals surface area contributed by atoms with E-state index in [1.165, 1.54) is 0 Å². The fraction of sp³-hybridized carbons (Fsp3) is 0.667. The number of aliphatic hydroxyl groups excluding tert-OH is 1. The van der Waals surface area contributed by atoms with Gasteiger partial charge in [-0.05, 0) is 39.0 Å². The van der Waals surface area contributed by atoms with Gasteiger partial charge in [0, 0.05) is 57.3 Å². The van der Waals surface area contributed by atoms with Crippen LogP contribution in [0.25, 0.3) is 0 Å². The maximum absolute atomic E-state index is 13.6. The Morgan fingerprint density at radius 1 is 1.21 bits per heavy atom. The van der Waals surface area contributed by atoms with Crippen molar-refractivity contribution in [2.24, 2.45) is 5.92 Å². The van der Waals surface area contributed by atoms with Gasteiger partial charge in [0.05, 0.1) is 38.0 Å². The lowest BCUT2D eigenvalue weighted by atomic mass is 9.99. The quantitative estimate of drug-likeness (QED) is 0.441. The van der Waals surface area contributed by atoms with Gasteiger partial charge in [0.2, 0.25) is 5.91 Å². The van der Waals surface area contributed by atoms with E-state index in [-0.39, 0.29) is 36.4 Å². The van der Waals surface area contributed by atoms with Crippen LogP contribution in [0.1, 0.15) is 44.5 Å². The summed E-state index contributed by atoms with van der Waals surface area (Å²) in [5.74, 6) is -0.150. The first-order chi connectivity index (χ1) is 18.1. The van der Waals surface area contributed by atoms with Crippen molar-refractivity contribution in [2.45, 2.75) is 52.3 Å². The van der Waals surface area contributed by atoms with E-state index in [4.69, 9.17) is 9.47 Å². The van der Waals surface area contributed by atoms with Crippen molar-refractivity contribution in [1.29, 1.82) is 0 Å². The van der Waals surface area contributed by atoms with Gasteiger partial charge in [-0.25, -0.2) is 4.79 Å². The normalized spacial score (nSPS) is 21.1. The Morgan fingerprint density at radius 3 is 2.58 bits per heavy atom. The number of urea groups is 1. The number of anilines is 1. The van der Waals surface area contributed by atoms with Crippen molar-refractivity contribution < 1.29 is 29.0 Å². The molecule has 0 aromatic heterocycles. The molecule has 212 valence electrons. The molecular weight excluding hydrogens is 490 g/mol. The van der Waals surface area contributed by atoms with Crippen molar-refractivity contribution in [3.63, 3.8) is 0 Å². The molecule has 0 radical (unpaired) electrons. The average Bonchev–Trinajstić information content (AvgIpc) is 2.89. The SMILES string of the molecule is CC(C)NC(=O)N(C)C[C@@H]1Oc2ccc(NC(=O)CCN3CCOCC3)cc2C(=O)N([C@@H](C)CO)C[C@@H]1C. The molecule has 3 N–H and O–H groups in total. The number of nitrogens with zero attached hydrogens (tertiary/aromatic N) is 3. The molecule has 2 aliphatic rings. The number of likely N-dealkylation sites (N-methyl/N-ethyl adjacent to an activating group) is 1. The zero-order chi connectivity index (χ0) is 27.8. The van der Waals surface area contributed by atoms with Crippen LogP contribution >= 0.6 is 0 Å². The van der Waals surface area contributed by atoms with Gasteiger partial charge in [-0.1, -0.05) is 6.92 Å². The van der Waals surface area contributed by atoms with Crippen LogP contribution in [0, 0.1) is 5.92 Å². The molecule has 4 amide bonds. The van der Waals surface area contributed by atoms with Crippen molar-refractivity contribution in [1.82, 2.24) is 20.0 Å². The predicted molar refractivity (Wildman–Crippen MR) is 144 cm³/mol. The predicted octanol–water partition coefficient (Wildman–Crippen LogP) is 1.62. The molecule has 1 fully saturated rings. The van der Waals surface area contributed by atoms with E-state index in [1.54, 1.807) is 42.0 Å². The van der Waals surface area contributed by atoms with Crippen LogP contribution < -0.4 is 15.4 Å². The summed E-state index contributed by atoms with van der Waals surface area (Å²) in [6.45, 7) is 11.6. The molecular formula is C27H43N5O6. The van der Waals surface area contributed by atoms with Crippen LogP contribution in [0.4, 0.5) is 10.5 Å². The summed E-state index contributed by atoms with van der Waals surface area (Å²) >= 11 is 0. The second-order valence-electron chi connectivity index (χ2n) is 10.6. The minimum absolute atomic E-state index is 0.00219. The first-order valence-electron chi connectivity index (χ1n) is 13.4. The second kappa shape index (κ2) is 13.8. The molecule has 11 nitrogen and oxygen atoms in total. The Balaban J connectivity index is 1.79. The maximum atomic E-state index is 13.6. The summed E-state index contributed by atoms with van der Waals surface area (Å²) in [5.41, 5.74) is 0.811. The van der Waals surface area contributed by atoms with Gasteiger partial charge in [-0.2, -0.15) is 0 Å². The third-order valence-electron chi connectivity index (χ3n) is 6.92. The molecule has 11 heteroatoms. The van der Waals surface area contributed by atoms with Gasteiger partial charge in [0.15, 0.2) is 0 Å². The number of aliphatic hydroxyl groups is 1. The third-order valence-corrected chi connectivity index (χ3v) is 6.92. The molecule has 1 aromatic rings. The molecule has 0 unspecified atom stereocenters. The molecule has 2 heterocycles. The minimum atomic E-state index is -0.412. The van der Waals surface area contributed by atoms with Gasteiger partial charge >= 0.3 is 6.03 Å². The molecule has 3 atom stereocenters. The van der Waals surface area contributed by atoms with E-state index in [0.29, 0.717) is 56.3 Å². The van der Waals surface area contributed by atoms with Gasteiger partial charge in [-0.3, -0.25) is 14.5 Å². The number of hydrogen-bond donors (Lipinski definition) is 3.